The van der Waals surface area contributed by atoms with Gasteiger partial charge in [0.05, 0.1) is 6.42 Å². The van der Waals surface area contributed by atoms with Crippen LogP contribution in [-0.4, -0.2) is 67.3 Å². The van der Waals surface area contributed by atoms with Gasteiger partial charge in [-0.15, -0.1) is 0 Å². The number of piperazine rings is 1. The van der Waals surface area contributed by atoms with Crippen molar-refractivity contribution < 1.29 is 14.7 Å². The van der Waals surface area contributed by atoms with Crippen LogP contribution in [0.2, 0.25) is 0 Å². The van der Waals surface area contributed by atoms with E-state index in [1.165, 1.54) is 0 Å². The highest BCUT2D eigenvalue weighted by molar-refractivity contribution is 5.75. The molecule has 1 atom stereocenters. The van der Waals surface area contributed by atoms with Crippen molar-refractivity contribution in [2.75, 3.05) is 39.3 Å². The van der Waals surface area contributed by atoms with Crippen LogP contribution in [0.25, 0.3) is 0 Å². The first-order valence-corrected chi connectivity index (χ1v) is 7.81. The first kappa shape index (κ1) is 17.7. The van der Waals surface area contributed by atoms with Gasteiger partial charge >= 0.3 is 12.0 Å². The Bertz CT molecular complexity index is 319. The van der Waals surface area contributed by atoms with Crippen LogP contribution in [0, 0.1) is 0 Å². The molecule has 1 aliphatic heterocycles. The quantitative estimate of drug-likeness (QED) is 0.457. The molecule has 7 heteroatoms. The SMILES string of the molecule is CCCC(CC(=O)O)NC(=O)NCCCN1CCNCC1. The van der Waals surface area contributed by atoms with E-state index in [0.717, 1.165) is 45.6 Å². The van der Waals surface area contributed by atoms with E-state index < -0.39 is 5.97 Å². The molecule has 1 saturated heterocycles. The Hall–Kier alpha value is -1.34. The van der Waals surface area contributed by atoms with E-state index in [9.17, 15) is 9.59 Å². The van der Waals surface area contributed by atoms with E-state index in [0.29, 0.717) is 13.0 Å². The third-order valence-electron chi connectivity index (χ3n) is 3.54. The summed E-state index contributed by atoms with van der Waals surface area (Å²) in [5, 5.41) is 17.6. The van der Waals surface area contributed by atoms with E-state index >= 15 is 0 Å². The lowest BCUT2D eigenvalue weighted by atomic mass is 10.1. The van der Waals surface area contributed by atoms with Crippen molar-refractivity contribution in [1.29, 1.82) is 0 Å². The molecule has 4 N–H and O–H groups in total. The largest absolute Gasteiger partial charge is 0.481 e. The number of carbonyl (C=O) groups excluding carboxylic acids is 1. The van der Waals surface area contributed by atoms with E-state index in [2.05, 4.69) is 20.9 Å². The molecule has 122 valence electrons. The predicted molar refractivity (Wildman–Crippen MR) is 81.4 cm³/mol. The number of nitrogens with one attached hydrogen (secondary N) is 3. The molecule has 0 saturated carbocycles. The summed E-state index contributed by atoms with van der Waals surface area (Å²) in [6, 6.07) is -0.560. The van der Waals surface area contributed by atoms with E-state index in [4.69, 9.17) is 5.11 Å². The number of urea groups is 1. The van der Waals surface area contributed by atoms with Crippen molar-refractivity contribution >= 4 is 12.0 Å². The first-order valence-electron chi connectivity index (χ1n) is 7.81. The number of carboxylic acids is 1. The smallest absolute Gasteiger partial charge is 0.315 e. The summed E-state index contributed by atoms with van der Waals surface area (Å²) in [6.07, 6.45) is 2.41. The van der Waals surface area contributed by atoms with E-state index in [-0.39, 0.29) is 18.5 Å². The minimum absolute atomic E-state index is 0.0258. The van der Waals surface area contributed by atoms with Gasteiger partial charge in [0.15, 0.2) is 0 Å². The molecule has 21 heavy (non-hydrogen) atoms. The van der Waals surface area contributed by atoms with Crippen LogP contribution < -0.4 is 16.0 Å². The Kier molecular flexibility index (Phi) is 8.77. The maximum atomic E-state index is 11.7. The molecule has 0 bridgehead atoms. The molecule has 0 aromatic rings. The standard InChI is InChI=1S/C14H28N4O3/c1-2-4-12(11-13(19)20)17-14(21)16-5-3-8-18-9-6-15-7-10-18/h12,15H,2-11H2,1H3,(H,19,20)(H2,16,17,21). The topological polar surface area (TPSA) is 93.7 Å². The fourth-order valence-corrected chi connectivity index (χ4v) is 2.46. The van der Waals surface area contributed by atoms with Gasteiger partial charge in [0, 0.05) is 38.8 Å². The Balaban J connectivity index is 2.12. The summed E-state index contributed by atoms with van der Waals surface area (Å²) < 4.78 is 0. The zero-order valence-electron chi connectivity index (χ0n) is 12.9. The van der Waals surface area contributed by atoms with Crippen molar-refractivity contribution in [1.82, 2.24) is 20.9 Å². The minimum Gasteiger partial charge on any atom is -0.481 e. The highest BCUT2D eigenvalue weighted by Gasteiger charge is 2.15. The zero-order chi connectivity index (χ0) is 15.5. The van der Waals surface area contributed by atoms with Gasteiger partial charge in [0.1, 0.15) is 0 Å². The minimum atomic E-state index is -0.882. The van der Waals surface area contributed by atoms with Gasteiger partial charge in [-0.05, 0) is 19.4 Å². The highest BCUT2D eigenvalue weighted by Crippen LogP contribution is 2.01. The Morgan fingerprint density at radius 1 is 1.33 bits per heavy atom. The summed E-state index contributed by atoms with van der Waals surface area (Å²) >= 11 is 0. The predicted octanol–water partition coefficient (Wildman–Crippen LogP) is 0.224. The van der Waals surface area contributed by atoms with Crippen LogP contribution in [0.3, 0.4) is 0 Å². The number of carboxylic acid groups (broad SMARTS) is 1. The second kappa shape index (κ2) is 10.4. The van der Waals surface area contributed by atoms with Crippen molar-refractivity contribution in [3.63, 3.8) is 0 Å². The molecule has 0 aromatic heterocycles. The molecule has 0 aromatic carbocycles. The van der Waals surface area contributed by atoms with Gasteiger partial charge in [-0.1, -0.05) is 13.3 Å². The van der Waals surface area contributed by atoms with Gasteiger partial charge in [0.25, 0.3) is 0 Å². The van der Waals surface area contributed by atoms with Gasteiger partial charge in [-0.2, -0.15) is 0 Å². The summed E-state index contributed by atoms with van der Waals surface area (Å²) in [4.78, 5) is 24.8. The van der Waals surface area contributed by atoms with Gasteiger partial charge in [-0.3, -0.25) is 4.79 Å². The maximum Gasteiger partial charge on any atom is 0.315 e. The summed E-state index contributed by atoms with van der Waals surface area (Å²) in [7, 11) is 0. The second-order valence-corrected chi connectivity index (χ2v) is 5.43. The number of nitrogens with zero attached hydrogens (tertiary/aromatic N) is 1. The van der Waals surface area contributed by atoms with Crippen LogP contribution in [0.1, 0.15) is 32.6 Å². The lowest BCUT2D eigenvalue weighted by molar-refractivity contribution is -0.137. The van der Waals surface area contributed by atoms with Crippen LogP contribution in [0.5, 0.6) is 0 Å². The lowest BCUT2D eigenvalue weighted by Gasteiger charge is -2.27. The average Bonchev–Trinajstić information content (AvgIpc) is 2.44. The van der Waals surface area contributed by atoms with Gasteiger partial charge in [0.2, 0.25) is 0 Å². The number of aliphatic carboxylic acids is 1. The van der Waals surface area contributed by atoms with Crippen LogP contribution in [0.4, 0.5) is 4.79 Å². The van der Waals surface area contributed by atoms with Gasteiger partial charge < -0.3 is 26.0 Å². The Morgan fingerprint density at radius 3 is 2.67 bits per heavy atom. The van der Waals surface area contributed by atoms with Crippen molar-refractivity contribution in [2.45, 2.75) is 38.6 Å². The number of carbonyl (C=O) groups is 2. The van der Waals surface area contributed by atoms with E-state index in [1.807, 2.05) is 6.92 Å². The molecule has 0 aliphatic carbocycles. The highest BCUT2D eigenvalue weighted by atomic mass is 16.4. The maximum absolute atomic E-state index is 11.7. The van der Waals surface area contributed by atoms with Crippen molar-refractivity contribution in [3.05, 3.63) is 0 Å². The first-order chi connectivity index (χ1) is 10.1. The lowest BCUT2D eigenvalue weighted by Crippen LogP contribution is -2.45. The molecule has 0 spiro atoms. The summed E-state index contributed by atoms with van der Waals surface area (Å²) in [5.41, 5.74) is 0. The van der Waals surface area contributed by atoms with Crippen molar-refractivity contribution in [3.8, 4) is 0 Å². The monoisotopic (exact) mass is 300 g/mol. The van der Waals surface area contributed by atoms with Crippen LogP contribution in [-0.2, 0) is 4.79 Å². The fraction of sp³-hybridized carbons (Fsp3) is 0.857. The van der Waals surface area contributed by atoms with Gasteiger partial charge in [-0.25, -0.2) is 4.79 Å². The number of hydrogen-bond acceptors (Lipinski definition) is 4. The molecule has 7 nitrogen and oxygen atoms in total. The Labute approximate surface area is 126 Å². The molecule has 1 unspecified atom stereocenters. The molecule has 1 rings (SSSR count). The Morgan fingerprint density at radius 2 is 2.05 bits per heavy atom. The second-order valence-electron chi connectivity index (χ2n) is 5.43. The third kappa shape index (κ3) is 8.52. The number of hydrogen-bond donors (Lipinski definition) is 4. The fourth-order valence-electron chi connectivity index (χ4n) is 2.46. The third-order valence-corrected chi connectivity index (χ3v) is 3.54. The molecular formula is C14H28N4O3. The molecular weight excluding hydrogens is 272 g/mol. The van der Waals surface area contributed by atoms with E-state index in [1.54, 1.807) is 0 Å². The van der Waals surface area contributed by atoms with Crippen LogP contribution >= 0.6 is 0 Å². The molecule has 1 aliphatic rings. The summed E-state index contributed by atoms with van der Waals surface area (Å²) in [5.74, 6) is -0.882. The number of rotatable bonds is 9. The van der Waals surface area contributed by atoms with Crippen molar-refractivity contribution in [2.24, 2.45) is 0 Å². The number of amides is 2. The van der Waals surface area contributed by atoms with Crippen LogP contribution in [0.15, 0.2) is 0 Å². The average molecular weight is 300 g/mol. The summed E-state index contributed by atoms with van der Waals surface area (Å²) in [6.45, 7) is 7.75. The molecule has 1 fully saturated rings. The zero-order valence-corrected chi connectivity index (χ0v) is 12.9. The molecule has 1 heterocycles. The normalized spacial score (nSPS) is 17.2. The molecule has 0 radical (unpaired) electrons. The molecule has 2 amide bonds.